The number of ether oxygens (including phenoxy) is 1. The van der Waals surface area contributed by atoms with Crippen LogP contribution in [0, 0.1) is 0 Å². The van der Waals surface area contributed by atoms with Gasteiger partial charge in [0.15, 0.2) is 0 Å². The van der Waals surface area contributed by atoms with E-state index in [1.807, 2.05) is 0 Å². The molecule has 7 nitrogen and oxygen atoms in total. The molecule has 0 aliphatic carbocycles. The lowest BCUT2D eigenvalue weighted by atomic mass is 10.3. The van der Waals surface area contributed by atoms with Crippen molar-refractivity contribution in [1.82, 2.24) is 14.9 Å². The van der Waals surface area contributed by atoms with Gasteiger partial charge in [0.05, 0.1) is 6.26 Å². The maximum Gasteiger partial charge on any atom is 0.421 e. The zero-order chi connectivity index (χ0) is 18.4. The third-order valence-electron chi connectivity index (χ3n) is 3.09. The second kappa shape index (κ2) is 8.21. The molecule has 0 saturated carbocycles. The molecule has 25 heavy (non-hydrogen) atoms. The van der Waals surface area contributed by atoms with Crippen molar-refractivity contribution in [2.75, 3.05) is 24.7 Å². The summed E-state index contributed by atoms with van der Waals surface area (Å²) in [5.74, 6) is -0.732. The van der Waals surface area contributed by atoms with E-state index in [0.717, 1.165) is 0 Å². The Morgan fingerprint density at radius 2 is 2.16 bits per heavy atom. The molecular weight excluding hydrogens is 361 g/mol. The van der Waals surface area contributed by atoms with E-state index in [9.17, 15) is 22.5 Å². The number of rotatable bonds is 6. The van der Waals surface area contributed by atoms with Crippen molar-refractivity contribution in [2.24, 2.45) is 0 Å². The third-order valence-corrected chi connectivity index (χ3v) is 3.80. The first kappa shape index (κ1) is 19.1. The lowest BCUT2D eigenvalue weighted by Gasteiger charge is -2.17. The van der Waals surface area contributed by atoms with Crippen LogP contribution in [0.2, 0.25) is 0 Å². The number of alkyl halides is 3. The van der Waals surface area contributed by atoms with Gasteiger partial charge in [-0.25, -0.2) is 0 Å². The summed E-state index contributed by atoms with van der Waals surface area (Å²) >= 11 is -1.61. The number of nitrogens with zero attached hydrogens (tertiary/aromatic N) is 3. The largest absolute Gasteiger partial charge is 0.609 e. The molecule has 1 aromatic heterocycles. The Hall–Kier alpha value is -2.27. The van der Waals surface area contributed by atoms with E-state index in [0.29, 0.717) is 12.6 Å². The summed E-state index contributed by atoms with van der Waals surface area (Å²) in [5, 5.41) is 2.38. The molecule has 0 saturated heterocycles. The van der Waals surface area contributed by atoms with Crippen LogP contribution in [0.5, 0.6) is 0 Å². The Balaban J connectivity index is 2.00. The van der Waals surface area contributed by atoms with Crippen LogP contribution in [-0.4, -0.2) is 44.7 Å². The van der Waals surface area contributed by atoms with Gasteiger partial charge in [0.2, 0.25) is 0 Å². The maximum atomic E-state index is 13.0. The van der Waals surface area contributed by atoms with Gasteiger partial charge in [0.25, 0.3) is 5.91 Å². The van der Waals surface area contributed by atoms with Crippen LogP contribution >= 0.6 is 0 Å². The van der Waals surface area contributed by atoms with Gasteiger partial charge in [-0.05, 0) is 6.42 Å². The number of hydrogen-bond acceptors (Lipinski definition) is 6. The van der Waals surface area contributed by atoms with Gasteiger partial charge in [-0.1, -0.05) is 0 Å². The van der Waals surface area contributed by atoms with Crippen LogP contribution in [-0.2, 0) is 26.9 Å². The summed E-state index contributed by atoms with van der Waals surface area (Å²) in [6.45, 7) is 0.396. The number of halogens is 3. The van der Waals surface area contributed by atoms with Crippen LogP contribution in [0.25, 0.3) is 0 Å². The minimum atomic E-state index is -4.64. The molecule has 1 amide bonds. The number of carbonyl (C=O) groups is 1. The Morgan fingerprint density at radius 1 is 1.40 bits per heavy atom. The SMILES string of the molecule is C[S+]([O-])c1ncc(C(F)(F)F)c(NCCCN2C=COC=CC2=O)n1. The van der Waals surface area contributed by atoms with E-state index in [1.165, 1.54) is 36.0 Å². The highest BCUT2D eigenvalue weighted by Crippen LogP contribution is 2.33. The van der Waals surface area contributed by atoms with Crippen LogP contribution < -0.4 is 5.32 Å². The number of anilines is 1. The van der Waals surface area contributed by atoms with Crippen molar-refractivity contribution >= 4 is 22.9 Å². The van der Waals surface area contributed by atoms with Gasteiger partial charge in [-0.2, -0.15) is 23.1 Å². The molecule has 0 fully saturated rings. The summed E-state index contributed by atoms with van der Waals surface area (Å²) in [7, 11) is 0. The predicted octanol–water partition coefficient (Wildman–Crippen LogP) is 1.88. The third kappa shape index (κ3) is 5.36. The predicted molar refractivity (Wildman–Crippen MR) is 83.6 cm³/mol. The van der Waals surface area contributed by atoms with Crippen molar-refractivity contribution in [3.05, 3.63) is 36.6 Å². The quantitative estimate of drug-likeness (QED) is 0.463. The van der Waals surface area contributed by atoms with Crippen LogP contribution in [0.3, 0.4) is 0 Å². The highest BCUT2D eigenvalue weighted by Gasteiger charge is 2.36. The molecule has 1 atom stereocenters. The molecule has 1 unspecified atom stereocenters. The second-order valence-electron chi connectivity index (χ2n) is 4.90. The van der Waals surface area contributed by atoms with E-state index in [-0.39, 0.29) is 24.2 Å². The van der Waals surface area contributed by atoms with E-state index < -0.39 is 28.7 Å². The van der Waals surface area contributed by atoms with Gasteiger partial charge >= 0.3 is 11.3 Å². The molecular formula is C14H15F3N4O3S. The van der Waals surface area contributed by atoms with Crippen LogP contribution in [0.15, 0.2) is 36.2 Å². The molecule has 0 aromatic carbocycles. The minimum Gasteiger partial charge on any atom is -0.609 e. The fourth-order valence-corrected chi connectivity index (χ4v) is 2.33. The van der Waals surface area contributed by atoms with Crippen molar-refractivity contribution in [1.29, 1.82) is 0 Å². The van der Waals surface area contributed by atoms with Crippen molar-refractivity contribution in [3.63, 3.8) is 0 Å². The summed E-state index contributed by atoms with van der Waals surface area (Å²) in [4.78, 5) is 20.2. The fourth-order valence-electron chi connectivity index (χ4n) is 1.91. The number of aromatic nitrogens is 2. The highest BCUT2D eigenvalue weighted by atomic mass is 32.2. The van der Waals surface area contributed by atoms with E-state index in [1.54, 1.807) is 0 Å². The Kier molecular flexibility index (Phi) is 6.26. The lowest BCUT2D eigenvalue weighted by Crippen LogP contribution is -2.26. The minimum absolute atomic E-state index is 0.123. The van der Waals surface area contributed by atoms with Crippen molar-refractivity contribution in [3.8, 4) is 0 Å². The molecule has 0 spiro atoms. The molecule has 1 N–H and O–H groups in total. The van der Waals surface area contributed by atoms with Gasteiger partial charge < -0.3 is 19.5 Å². The van der Waals surface area contributed by atoms with Gasteiger partial charge in [0.1, 0.15) is 23.9 Å². The fraction of sp³-hybridized carbons (Fsp3) is 0.357. The summed E-state index contributed by atoms with van der Waals surface area (Å²) in [6, 6.07) is 0. The zero-order valence-corrected chi connectivity index (χ0v) is 13.9. The Bertz CT molecular complexity index is 680. The van der Waals surface area contributed by atoms with Crippen molar-refractivity contribution < 1.29 is 27.3 Å². The van der Waals surface area contributed by atoms with E-state index in [2.05, 4.69) is 15.3 Å². The van der Waals surface area contributed by atoms with Crippen molar-refractivity contribution in [2.45, 2.75) is 17.8 Å². The van der Waals surface area contributed by atoms with E-state index >= 15 is 0 Å². The molecule has 0 bridgehead atoms. The van der Waals surface area contributed by atoms with Crippen LogP contribution in [0.4, 0.5) is 19.0 Å². The summed E-state index contributed by atoms with van der Waals surface area (Å²) in [6.07, 6.45) is 2.84. The average molecular weight is 376 g/mol. The molecule has 1 aliphatic rings. The second-order valence-corrected chi connectivity index (χ2v) is 6.18. The number of hydrogen-bond donors (Lipinski definition) is 1. The van der Waals surface area contributed by atoms with E-state index in [4.69, 9.17) is 4.74 Å². The topological polar surface area (TPSA) is 90.4 Å². The standard InChI is InChI=1S/C14H15F3N4O3S/c1-25(23)13-19-9-10(14(15,16)17)12(20-13)18-4-2-5-21-6-8-24-7-3-11(21)22/h3,6-9H,2,4-5H2,1H3,(H,18,19,20). The molecule has 11 heteroatoms. The summed E-state index contributed by atoms with van der Waals surface area (Å²) < 4.78 is 55.2. The zero-order valence-electron chi connectivity index (χ0n) is 13.1. The van der Waals surface area contributed by atoms with Gasteiger partial charge in [-0.3, -0.25) is 4.79 Å². The van der Waals surface area contributed by atoms with Gasteiger partial charge in [0, 0.05) is 42.7 Å². The Labute approximate surface area is 144 Å². The number of nitrogens with one attached hydrogen (secondary N) is 1. The normalized spacial score (nSPS) is 15.7. The molecule has 1 aliphatic heterocycles. The molecule has 1 aromatic rings. The first-order chi connectivity index (χ1) is 11.8. The molecule has 2 heterocycles. The maximum absolute atomic E-state index is 13.0. The average Bonchev–Trinajstić information content (AvgIpc) is 2.75. The van der Waals surface area contributed by atoms with Gasteiger partial charge in [-0.15, -0.1) is 0 Å². The smallest absolute Gasteiger partial charge is 0.421 e. The number of carbonyl (C=O) groups excluding carboxylic acids is 1. The first-order valence-corrected chi connectivity index (χ1v) is 8.65. The first-order valence-electron chi connectivity index (χ1n) is 7.10. The molecule has 136 valence electrons. The number of amides is 1. The van der Waals surface area contributed by atoms with Crippen LogP contribution in [0.1, 0.15) is 12.0 Å². The monoisotopic (exact) mass is 376 g/mol. The Morgan fingerprint density at radius 3 is 2.84 bits per heavy atom. The lowest BCUT2D eigenvalue weighted by molar-refractivity contribution is -0.137. The molecule has 2 rings (SSSR count). The molecule has 0 radical (unpaired) electrons. The summed E-state index contributed by atoms with van der Waals surface area (Å²) in [5.41, 5.74) is -1.04. The highest BCUT2D eigenvalue weighted by molar-refractivity contribution is 7.90.